The van der Waals surface area contributed by atoms with E-state index in [4.69, 9.17) is 11.6 Å². The lowest BCUT2D eigenvalue weighted by Gasteiger charge is -2.15. The third kappa shape index (κ3) is 3.96. The van der Waals surface area contributed by atoms with Crippen LogP contribution in [0.1, 0.15) is 18.5 Å². The fourth-order valence-electron chi connectivity index (χ4n) is 1.67. The summed E-state index contributed by atoms with van der Waals surface area (Å²) in [5.74, 6) is 0. The number of pyridine rings is 1. The molecule has 2 amide bonds. The van der Waals surface area contributed by atoms with Crippen LogP contribution in [0.4, 0.5) is 10.5 Å². The summed E-state index contributed by atoms with van der Waals surface area (Å²) < 4.78 is 0. The number of urea groups is 1. The molecule has 4 nitrogen and oxygen atoms in total. The predicted octanol–water partition coefficient (Wildman–Crippen LogP) is 3.62. The molecule has 0 saturated heterocycles. The highest BCUT2D eigenvalue weighted by Gasteiger charge is 2.09. The van der Waals surface area contributed by atoms with Crippen LogP contribution in [0.15, 0.2) is 48.7 Å². The molecule has 0 aliphatic rings. The number of carbonyl (C=O) groups is 1. The van der Waals surface area contributed by atoms with Gasteiger partial charge in [0.2, 0.25) is 0 Å². The zero-order valence-corrected chi connectivity index (χ0v) is 11.2. The molecule has 0 radical (unpaired) electrons. The smallest absolute Gasteiger partial charge is 0.319 e. The first-order valence-electron chi connectivity index (χ1n) is 5.89. The molecule has 0 fully saturated rings. The average Bonchev–Trinajstić information content (AvgIpc) is 2.39. The lowest BCUT2D eigenvalue weighted by atomic mass is 10.1. The van der Waals surface area contributed by atoms with Crippen molar-refractivity contribution < 1.29 is 4.79 Å². The highest BCUT2D eigenvalue weighted by Crippen LogP contribution is 2.14. The Hall–Kier alpha value is -2.07. The van der Waals surface area contributed by atoms with Crippen LogP contribution in [-0.2, 0) is 0 Å². The number of aromatic nitrogens is 1. The van der Waals surface area contributed by atoms with Gasteiger partial charge in [-0.15, -0.1) is 0 Å². The van der Waals surface area contributed by atoms with Crippen LogP contribution in [0, 0.1) is 0 Å². The summed E-state index contributed by atoms with van der Waals surface area (Å²) in [4.78, 5) is 15.7. The number of nitrogens with one attached hydrogen (secondary N) is 2. The van der Waals surface area contributed by atoms with Crippen molar-refractivity contribution in [2.75, 3.05) is 5.32 Å². The van der Waals surface area contributed by atoms with Gasteiger partial charge in [0, 0.05) is 11.9 Å². The van der Waals surface area contributed by atoms with E-state index in [-0.39, 0.29) is 12.1 Å². The van der Waals surface area contributed by atoms with Crippen LogP contribution in [0.5, 0.6) is 0 Å². The lowest BCUT2D eigenvalue weighted by Crippen LogP contribution is -2.31. The molecule has 0 spiro atoms. The minimum atomic E-state index is -0.279. The standard InChI is InChI=1S/C14H14ClN3O/c1-10(11-5-3-2-4-6-11)17-14(19)18-12-7-8-16-13(15)9-12/h2-10H,1H3,(H2,16,17,18,19). The maximum Gasteiger partial charge on any atom is 0.319 e. The van der Waals surface area contributed by atoms with Gasteiger partial charge >= 0.3 is 6.03 Å². The fraction of sp³-hybridized carbons (Fsp3) is 0.143. The highest BCUT2D eigenvalue weighted by atomic mass is 35.5. The number of nitrogens with zero attached hydrogens (tertiary/aromatic N) is 1. The molecule has 1 heterocycles. The minimum Gasteiger partial charge on any atom is -0.331 e. The van der Waals surface area contributed by atoms with Gasteiger partial charge in [-0.05, 0) is 24.6 Å². The molecule has 2 aromatic rings. The average molecular weight is 276 g/mol. The van der Waals surface area contributed by atoms with E-state index in [0.717, 1.165) is 5.56 Å². The number of carbonyl (C=O) groups excluding carboxylic acids is 1. The molecule has 0 aliphatic carbocycles. The summed E-state index contributed by atoms with van der Waals surface area (Å²) >= 11 is 5.75. The van der Waals surface area contributed by atoms with Gasteiger partial charge in [-0.3, -0.25) is 0 Å². The van der Waals surface area contributed by atoms with Crippen molar-refractivity contribution in [2.45, 2.75) is 13.0 Å². The van der Waals surface area contributed by atoms with E-state index in [1.807, 2.05) is 37.3 Å². The number of hydrogen-bond acceptors (Lipinski definition) is 2. The zero-order valence-electron chi connectivity index (χ0n) is 10.4. The Labute approximate surface area is 116 Å². The summed E-state index contributed by atoms with van der Waals surface area (Å²) in [7, 11) is 0. The maximum absolute atomic E-state index is 11.8. The Morgan fingerprint density at radius 2 is 2.00 bits per heavy atom. The monoisotopic (exact) mass is 275 g/mol. The van der Waals surface area contributed by atoms with Crippen LogP contribution >= 0.6 is 11.6 Å². The molecule has 0 saturated carbocycles. The molecule has 0 aliphatic heterocycles. The SMILES string of the molecule is CC(NC(=O)Nc1ccnc(Cl)c1)c1ccccc1. The van der Waals surface area contributed by atoms with Crippen molar-refractivity contribution >= 4 is 23.3 Å². The van der Waals surface area contributed by atoms with Gasteiger partial charge in [0.1, 0.15) is 5.15 Å². The van der Waals surface area contributed by atoms with E-state index >= 15 is 0 Å². The quantitative estimate of drug-likeness (QED) is 0.841. The van der Waals surface area contributed by atoms with Gasteiger partial charge in [-0.1, -0.05) is 41.9 Å². The third-order valence-corrected chi connectivity index (χ3v) is 2.84. The first kappa shape index (κ1) is 13.4. The molecular formula is C14H14ClN3O. The second-order valence-electron chi connectivity index (χ2n) is 4.10. The van der Waals surface area contributed by atoms with Crippen LogP contribution in [0.2, 0.25) is 5.15 Å². The fourth-order valence-corrected chi connectivity index (χ4v) is 1.84. The van der Waals surface area contributed by atoms with Crippen molar-refractivity contribution in [1.29, 1.82) is 0 Å². The second kappa shape index (κ2) is 6.20. The van der Waals surface area contributed by atoms with E-state index in [2.05, 4.69) is 15.6 Å². The number of benzene rings is 1. The van der Waals surface area contributed by atoms with Gasteiger partial charge in [0.05, 0.1) is 6.04 Å². The van der Waals surface area contributed by atoms with Crippen LogP contribution in [-0.4, -0.2) is 11.0 Å². The summed E-state index contributed by atoms with van der Waals surface area (Å²) in [6, 6.07) is 12.7. The number of anilines is 1. The molecule has 98 valence electrons. The molecule has 19 heavy (non-hydrogen) atoms. The first-order valence-corrected chi connectivity index (χ1v) is 6.27. The van der Waals surface area contributed by atoms with E-state index in [1.54, 1.807) is 18.3 Å². The Morgan fingerprint density at radius 3 is 2.68 bits per heavy atom. The molecule has 1 aromatic carbocycles. The summed E-state index contributed by atoms with van der Waals surface area (Å²) in [5.41, 5.74) is 1.66. The van der Waals surface area contributed by atoms with Crippen LogP contribution < -0.4 is 10.6 Å². The predicted molar refractivity (Wildman–Crippen MR) is 76.3 cm³/mol. The molecule has 2 rings (SSSR count). The molecule has 0 bridgehead atoms. The lowest BCUT2D eigenvalue weighted by molar-refractivity contribution is 0.249. The van der Waals surface area contributed by atoms with Gasteiger partial charge in [0.25, 0.3) is 0 Å². The van der Waals surface area contributed by atoms with Crippen molar-refractivity contribution in [2.24, 2.45) is 0 Å². The van der Waals surface area contributed by atoms with Crippen molar-refractivity contribution in [3.05, 3.63) is 59.4 Å². The molecule has 1 aromatic heterocycles. The minimum absolute atomic E-state index is 0.0708. The number of halogens is 1. The third-order valence-electron chi connectivity index (χ3n) is 2.63. The molecule has 2 N–H and O–H groups in total. The Balaban J connectivity index is 1.95. The summed E-state index contributed by atoms with van der Waals surface area (Å²) in [5, 5.41) is 5.90. The zero-order chi connectivity index (χ0) is 13.7. The Morgan fingerprint density at radius 1 is 1.26 bits per heavy atom. The maximum atomic E-state index is 11.8. The number of amides is 2. The second-order valence-corrected chi connectivity index (χ2v) is 4.49. The van der Waals surface area contributed by atoms with Gasteiger partial charge in [0.15, 0.2) is 0 Å². The molecule has 1 unspecified atom stereocenters. The van der Waals surface area contributed by atoms with Crippen molar-refractivity contribution in [1.82, 2.24) is 10.3 Å². The van der Waals surface area contributed by atoms with Crippen LogP contribution in [0.25, 0.3) is 0 Å². The molecular weight excluding hydrogens is 262 g/mol. The summed E-state index contributed by atoms with van der Waals surface area (Å²) in [6.45, 7) is 1.93. The highest BCUT2D eigenvalue weighted by molar-refractivity contribution is 6.29. The summed E-state index contributed by atoms with van der Waals surface area (Å²) in [6.07, 6.45) is 1.54. The molecule has 1 atom stereocenters. The van der Waals surface area contributed by atoms with Gasteiger partial charge < -0.3 is 10.6 Å². The van der Waals surface area contributed by atoms with E-state index in [0.29, 0.717) is 10.8 Å². The number of rotatable bonds is 3. The Kier molecular flexibility index (Phi) is 4.36. The first-order chi connectivity index (χ1) is 9.15. The topological polar surface area (TPSA) is 54.0 Å². The van der Waals surface area contributed by atoms with Crippen molar-refractivity contribution in [3.63, 3.8) is 0 Å². The normalized spacial score (nSPS) is 11.7. The number of hydrogen-bond donors (Lipinski definition) is 2. The Bertz CT molecular complexity index is 560. The van der Waals surface area contributed by atoms with Crippen molar-refractivity contribution in [3.8, 4) is 0 Å². The van der Waals surface area contributed by atoms with E-state index < -0.39 is 0 Å². The largest absolute Gasteiger partial charge is 0.331 e. The van der Waals surface area contributed by atoms with Gasteiger partial charge in [-0.25, -0.2) is 9.78 Å². The van der Waals surface area contributed by atoms with E-state index in [9.17, 15) is 4.79 Å². The molecule has 5 heteroatoms. The van der Waals surface area contributed by atoms with E-state index in [1.165, 1.54) is 0 Å². The van der Waals surface area contributed by atoms with Gasteiger partial charge in [-0.2, -0.15) is 0 Å². The van der Waals surface area contributed by atoms with Crippen LogP contribution in [0.3, 0.4) is 0 Å².